The number of anilines is 4. The van der Waals surface area contributed by atoms with Gasteiger partial charge in [0, 0.05) is 71.7 Å². The van der Waals surface area contributed by atoms with E-state index in [0.29, 0.717) is 13.1 Å². The Bertz CT molecular complexity index is 2010. The standard InChI is InChI=1S/C19H23N5O.C17H21N5/c1-5-15-8-14(10-20-13(2)25)6-7-17(15)24(4)19-9-18-16(11-21-19)22-12-23(18)3;1-4-13-7-12(9-18)5-6-15(13)22(3)17-8-16-14(10-19-17)20-11-21(16)2/h6-9,11-12H,5,10H2,1-4H3,(H,20,25);5-8,10-11H,4,9,18H2,1-3H3. The summed E-state index contributed by atoms with van der Waals surface area (Å²) >= 11 is 0. The Kier molecular flexibility index (Phi) is 10.2. The highest BCUT2D eigenvalue weighted by molar-refractivity contribution is 5.80. The van der Waals surface area contributed by atoms with Crippen molar-refractivity contribution in [3.63, 3.8) is 0 Å². The third kappa shape index (κ3) is 7.25. The number of carbonyl (C=O) groups is 1. The van der Waals surface area contributed by atoms with Gasteiger partial charge in [-0.1, -0.05) is 38.1 Å². The first-order chi connectivity index (χ1) is 22.6. The monoisotopic (exact) mass is 632 g/mol. The topological polar surface area (TPSA) is 123 Å². The van der Waals surface area contributed by atoms with E-state index in [1.165, 1.54) is 18.1 Å². The number of hydrogen-bond donors (Lipinski definition) is 2. The number of carbonyl (C=O) groups excluding carboxylic acids is 1. The Labute approximate surface area is 276 Å². The average Bonchev–Trinajstić information content (AvgIpc) is 3.67. The van der Waals surface area contributed by atoms with Crippen molar-refractivity contribution >= 4 is 51.0 Å². The molecule has 244 valence electrons. The molecule has 2 aromatic carbocycles. The molecule has 0 saturated carbocycles. The number of benzene rings is 2. The maximum Gasteiger partial charge on any atom is 0.217 e. The number of nitrogens with one attached hydrogen (secondary N) is 1. The third-order valence-electron chi connectivity index (χ3n) is 8.43. The van der Waals surface area contributed by atoms with Gasteiger partial charge in [-0.25, -0.2) is 19.9 Å². The molecule has 3 N–H and O–H groups in total. The van der Waals surface area contributed by atoms with Crippen LogP contribution in [0.2, 0.25) is 0 Å². The molecule has 1 amide bonds. The van der Waals surface area contributed by atoms with Gasteiger partial charge in [-0.2, -0.15) is 0 Å². The molecule has 0 spiro atoms. The number of nitrogens with two attached hydrogens (primary N) is 1. The van der Waals surface area contributed by atoms with Gasteiger partial charge in [-0.15, -0.1) is 0 Å². The van der Waals surface area contributed by atoms with E-state index in [1.54, 1.807) is 12.5 Å². The lowest BCUT2D eigenvalue weighted by molar-refractivity contribution is -0.119. The lowest BCUT2D eigenvalue weighted by Gasteiger charge is -2.22. The van der Waals surface area contributed by atoms with Gasteiger partial charge in [0.05, 0.1) is 36.1 Å². The zero-order chi connectivity index (χ0) is 33.7. The molecule has 0 atom stereocenters. The van der Waals surface area contributed by atoms with Crippen molar-refractivity contribution in [1.82, 2.24) is 34.4 Å². The smallest absolute Gasteiger partial charge is 0.217 e. The largest absolute Gasteiger partial charge is 0.352 e. The van der Waals surface area contributed by atoms with Gasteiger partial charge in [0.1, 0.15) is 22.7 Å². The SMILES string of the molecule is CCc1cc(CN)ccc1N(C)c1cc2c(cn1)ncn2C.CCc1cc(CNC(C)=O)ccc1N(C)c1cc2c(cn1)ncn2C. The number of aromatic nitrogens is 6. The van der Waals surface area contributed by atoms with Crippen LogP contribution in [0.15, 0.2) is 73.6 Å². The third-order valence-corrected chi connectivity index (χ3v) is 8.43. The van der Waals surface area contributed by atoms with E-state index in [2.05, 4.69) is 85.3 Å². The summed E-state index contributed by atoms with van der Waals surface area (Å²) < 4.78 is 4.00. The van der Waals surface area contributed by atoms with Gasteiger partial charge in [0.15, 0.2) is 0 Å². The van der Waals surface area contributed by atoms with Crippen LogP contribution in [-0.2, 0) is 44.8 Å². The Balaban J connectivity index is 0.000000186. The van der Waals surface area contributed by atoms with Crippen LogP contribution in [0.1, 0.15) is 43.0 Å². The van der Waals surface area contributed by atoms with Crippen molar-refractivity contribution in [1.29, 1.82) is 0 Å². The molecule has 0 fully saturated rings. The second kappa shape index (κ2) is 14.4. The molecule has 0 saturated heterocycles. The minimum atomic E-state index is -0.0204. The van der Waals surface area contributed by atoms with Gasteiger partial charge in [-0.3, -0.25) is 4.79 Å². The number of fused-ring (bicyclic) bond motifs is 2. The zero-order valence-electron chi connectivity index (χ0n) is 28.3. The van der Waals surface area contributed by atoms with Gasteiger partial charge in [0.25, 0.3) is 0 Å². The summed E-state index contributed by atoms with van der Waals surface area (Å²) in [5.41, 5.74) is 16.7. The van der Waals surface area contributed by atoms with Crippen LogP contribution in [0.4, 0.5) is 23.0 Å². The quantitative estimate of drug-likeness (QED) is 0.208. The molecule has 4 aromatic heterocycles. The van der Waals surface area contributed by atoms with Gasteiger partial charge >= 0.3 is 0 Å². The molecule has 11 nitrogen and oxygen atoms in total. The molecule has 0 unspecified atom stereocenters. The van der Waals surface area contributed by atoms with E-state index in [0.717, 1.165) is 69.0 Å². The summed E-state index contributed by atoms with van der Waals surface area (Å²) in [7, 11) is 8.04. The maximum absolute atomic E-state index is 11.1. The first-order valence-corrected chi connectivity index (χ1v) is 15.8. The summed E-state index contributed by atoms with van der Waals surface area (Å²) in [5.74, 6) is 1.76. The summed E-state index contributed by atoms with van der Waals surface area (Å²) in [5, 5.41) is 2.84. The number of pyridine rings is 2. The fraction of sp³-hybridized carbons (Fsp3) is 0.306. The van der Waals surface area contributed by atoms with Crippen molar-refractivity contribution in [2.45, 2.75) is 46.7 Å². The highest BCUT2D eigenvalue weighted by Crippen LogP contribution is 2.30. The molecule has 6 rings (SSSR count). The Morgan fingerprint density at radius 1 is 0.745 bits per heavy atom. The minimum Gasteiger partial charge on any atom is -0.352 e. The second-order valence-corrected chi connectivity index (χ2v) is 11.6. The highest BCUT2D eigenvalue weighted by Gasteiger charge is 2.14. The lowest BCUT2D eigenvalue weighted by Crippen LogP contribution is -2.19. The highest BCUT2D eigenvalue weighted by atomic mass is 16.1. The lowest BCUT2D eigenvalue weighted by atomic mass is 10.1. The molecule has 6 aromatic rings. The number of amides is 1. The van der Waals surface area contributed by atoms with Gasteiger partial charge < -0.3 is 30.0 Å². The Hall–Kier alpha value is -5.29. The number of imidazole rings is 2. The minimum absolute atomic E-state index is 0.0204. The molecule has 4 heterocycles. The molecule has 0 radical (unpaired) electrons. The van der Waals surface area contributed by atoms with E-state index in [4.69, 9.17) is 5.73 Å². The van der Waals surface area contributed by atoms with Crippen LogP contribution < -0.4 is 20.9 Å². The first-order valence-electron chi connectivity index (χ1n) is 15.8. The molecule has 11 heteroatoms. The van der Waals surface area contributed by atoms with E-state index in [1.807, 2.05) is 62.0 Å². The maximum atomic E-state index is 11.1. The predicted octanol–water partition coefficient (Wildman–Crippen LogP) is 5.69. The van der Waals surface area contributed by atoms with Crippen LogP contribution >= 0.6 is 0 Å². The van der Waals surface area contributed by atoms with Crippen molar-refractivity contribution in [3.05, 3.63) is 95.8 Å². The summed E-state index contributed by atoms with van der Waals surface area (Å²) in [6, 6.07) is 16.8. The normalized spacial score (nSPS) is 11.0. The fourth-order valence-corrected chi connectivity index (χ4v) is 5.62. The molecule has 47 heavy (non-hydrogen) atoms. The van der Waals surface area contributed by atoms with Crippen LogP contribution in [0.3, 0.4) is 0 Å². The van der Waals surface area contributed by atoms with E-state index < -0.39 is 0 Å². The zero-order valence-corrected chi connectivity index (χ0v) is 28.3. The molecular weight excluding hydrogens is 588 g/mol. The van der Waals surface area contributed by atoms with Crippen molar-refractivity contribution in [2.24, 2.45) is 19.8 Å². The molecular formula is C36H44N10O. The number of hydrogen-bond acceptors (Lipinski definition) is 8. The van der Waals surface area contributed by atoms with E-state index in [9.17, 15) is 4.79 Å². The van der Waals surface area contributed by atoms with Crippen molar-refractivity contribution in [2.75, 3.05) is 23.9 Å². The first kappa shape index (κ1) is 33.1. The summed E-state index contributed by atoms with van der Waals surface area (Å²) in [4.78, 5) is 33.0. The van der Waals surface area contributed by atoms with Crippen molar-refractivity contribution in [3.8, 4) is 0 Å². The molecule has 0 aliphatic rings. The molecule has 0 aliphatic carbocycles. The van der Waals surface area contributed by atoms with Crippen molar-refractivity contribution < 1.29 is 4.79 Å². The number of nitrogens with zero attached hydrogens (tertiary/aromatic N) is 8. The van der Waals surface area contributed by atoms with Gasteiger partial charge in [-0.05, 0) is 47.2 Å². The van der Waals surface area contributed by atoms with Crippen LogP contribution in [-0.4, -0.2) is 49.1 Å². The second-order valence-electron chi connectivity index (χ2n) is 11.6. The average molecular weight is 633 g/mol. The van der Waals surface area contributed by atoms with E-state index >= 15 is 0 Å². The number of aryl methyl sites for hydroxylation is 4. The van der Waals surface area contributed by atoms with Crippen LogP contribution in [0.25, 0.3) is 22.1 Å². The van der Waals surface area contributed by atoms with Gasteiger partial charge in [0.2, 0.25) is 5.91 Å². The number of rotatable bonds is 9. The predicted molar refractivity (Wildman–Crippen MR) is 190 cm³/mol. The van der Waals surface area contributed by atoms with E-state index in [-0.39, 0.29) is 5.91 Å². The Morgan fingerprint density at radius 3 is 1.66 bits per heavy atom. The van der Waals surface area contributed by atoms with Crippen LogP contribution in [0, 0.1) is 0 Å². The summed E-state index contributed by atoms with van der Waals surface area (Å²) in [6.45, 7) is 6.93. The molecule has 0 aliphatic heterocycles. The Morgan fingerprint density at radius 2 is 1.21 bits per heavy atom. The molecule has 0 bridgehead atoms. The fourth-order valence-electron chi connectivity index (χ4n) is 5.62. The summed E-state index contributed by atoms with van der Waals surface area (Å²) in [6.07, 6.45) is 9.09. The van der Waals surface area contributed by atoms with Crippen LogP contribution in [0.5, 0.6) is 0 Å².